The number of amides is 1. The Morgan fingerprint density at radius 1 is 1.20 bits per heavy atom. The fourth-order valence-corrected chi connectivity index (χ4v) is 3.57. The molecule has 1 amide bonds. The number of nitrogens with one attached hydrogen (secondary N) is 1. The maximum atomic E-state index is 13.8. The number of halogens is 3. The molecular weight excluding hydrogens is 393 g/mol. The van der Waals surface area contributed by atoms with Crippen molar-refractivity contribution in [2.75, 3.05) is 5.73 Å². The number of benzene rings is 1. The summed E-state index contributed by atoms with van der Waals surface area (Å²) in [6, 6.07) is 9.27. The first-order chi connectivity index (χ1) is 14.3. The monoisotopic (exact) mass is 412 g/mol. The van der Waals surface area contributed by atoms with Gasteiger partial charge in [0.2, 0.25) is 0 Å². The second-order valence-electron chi connectivity index (χ2n) is 7.14. The van der Waals surface area contributed by atoms with Crippen LogP contribution in [-0.4, -0.2) is 15.9 Å². The average molecular weight is 412 g/mol. The van der Waals surface area contributed by atoms with Crippen LogP contribution in [0, 0.1) is 0 Å². The summed E-state index contributed by atoms with van der Waals surface area (Å²) in [7, 11) is 0. The summed E-state index contributed by atoms with van der Waals surface area (Å²) >= 11 is 0. The number of anilines is 1. The van der Waals surface area contributed by atoms with Crippen molar-refractivity contribution in [2.24, 2.45) is 0 Å². The molecule has 0 aliphatic heterocycles. The minimum atomic E-state index is -4.63. The van der Waals surface area contributed by atoms with Crippen LogP contribution in [-0.2, 0) is 12.7 Å². The number of nitrogens with zero attached hydrogens (tertiary/aromatic N) is 2. The Morgan fingerprint density at radius 2 is 2.03 bits per heavy atom. The quantitative estimate of drug-likeness (QED) is 0.649. The highest BCUT2D eigenvalue weighted by atomic mass is 19.4. The third kappa shape index (κ3) is 3.98. The maximum absolute atomic E-state index is 13.8. The van der Waals surface area contributed by atoms with Crippen LogP contribution in [0.4, 0.5) is 18.9 Å². The van der Waals surface area contributed by atoms with E-state index in [9.17, 15) is 18.0 Å². The molecule has 30 heavy (non-hydrogen) atoms. The van der Waals surface area contributed by atoms with Gasteiger partial charge in [-0.2, -0.15) is 13.2 Å². The van der Waals surface area contributed by atoms with Gasteiger partial charge < -0.3 is 11.1 Å². The van der Waals surface area contributed by atoms with Gasteiger partial charge in [0.25, 0.3) is 5.91 Å². The van der Waals surface area contributed by atoms with Crippen molar-refractivity contribution in [1.82, 2.24) is 15.3 Å². The van der Waals surface area contributed by atoms with E-state index in [1.54, 1.807) is 30.5 Å². The smallest absolute Gasteiger partial charge is 0.398 e. The van der Waals surface area contributed by atoms with Crippen LogP contribution in [0.2, 0.25) is 0 Å². The number of carbonyl (C=O) groups is 1. The molecule has 0 radical (unpaired) electrons. The number of nitrogen functional groups attached to an aromatic ring is 1. The van der Waals surface area contributed by atoms with Crippen molar-refractivity contribution in [1.29, 1.82) is 0 Å². The van der Waals surface area contributed by atoms with E-state index in [-0.39, 0.29) is 28.8 Å². The normalized spacial score (nSPS) is 14.0. The standard InChI is InChI=1S/C22H19F3N4O/c23-22(24,25)17-10-14(13-5-1-2-6-13)9-16-18(26)11-19(29-20(16)17)21(30)28-12-15-7-3-4-8-27-15/h3-5,7-11H,1-2,6,12H2,(H2,26,29)(H,28,30). The van der Waals surface area contributed by atoms with Crippen molar-refractivity contribution in [3.8, 4) is 0 Å². The first-order valence-corrected chi connectivity index (χ1v) is 9.52. The van der Waals surface area contributed by atoms with Gasteiger partial charge in [-0.1, -0.05) is 12.1 Å². The Bertz CT molecular complexity index is 1140. The highest BCUT2D eigenvalue weighted by Gasteiger charge is 2.35. The molecule has 0 saturated heterocycles. The third-order valence-electron chi connectivity index (χ3n) is 5.05. The number of alkyl halides is 3. The average Bonchev–Trinajstić information content (AvgIpc) is 3.26. The van der Waals surface area contributed by atoms with Crippen LogP contribution in [0.3, 0.4) is 0 Å². The van der Waals surface area contributed by atoms with Crippen molar-refractivity contribution in [2.45, 2.75) is 32.0 Å². The predicted molar refractivity (Wildman–Crippen MR) is 108 cm³/mol. The molecule has 3 N–H and O–H groups in total. The maximum Gasteiger partial charge on any atom is 0.418 e. The number of allylic oxidation sites excluding steroid dienone is 2. The topological polar surface area (TPSA) is 80.9 Å². The van der Waals surface area contributed by atoms with Gasteiger partial charge in [-0.25, -0.2) is 4.98 Å². The molecular formula is C22H19F3N4O. The second-order valence-corrected chi connectivity index (χ2v) is 7.14. The van der Waals surface area contributed by atoms with E-state index in [2.05, 4.69) is 15.3 Å². The van der Waals surface area contributed by atoms with Crippen molar-refractivity contribution in [3.05, 3.63) is 71.2 Å². The van der Waals surface area contributed by atoms with Crippen LogP contribution in [0.15, 0.2) is 48.7 Å². The fraction of sp³-hybridized carbons (Fsp3) is 0.227. The summed E-state index contributed by atoms with van der Waals surface area (Å²) in [5.74, 6) is -0.620. The van der Waals surface area contributed by atoms with E-state index >= 15 is 0 Å². The largest absolute Gasteiger partial charge is 0.418 e. The molecule has 2 aromatic heterocycles. The van der Waals surface area contributed by atoms with Crippen molar-refractivity contribution in [3.63, 3.8) is 0 Å². The van der Waals surface area contributed by atoms with E-state index in [1.165, 1.54) is 6.07 Å². The molecule has 2 heterocycles. The first kappa shape index (κ1) is 19.9. The summed E-state index contributed by atoms with van der Waals surface area (Å²) in [4.78, 5) is 20.6. The Kier molecular flexibility index (Phi) is 5.15. The summed E-state index contributed by atoms with van der Waals surface area (Å²) in [6.07, 6.45) is 1.39. The molecule has 0 saturated carbocycles. The van der Waals surface area contributed by atoms with E-state index in [1.807, 2.05) is 6.08 Å². The molecule has 1 aromatic carbocycles. The molecule has 3 aromatic rings. The summed E-state index contributed by atoms with van der Waals surface area (Å²) < 4.78 is 41.4. The number of fused-ring (bicyclic) bond motifs is 1. The number of carbonyl (C=O) groups excluding carboxylic acids is 1. The van der Waals surface area contributed by atoms with Crippen molar-refractivity contribution >= 4 is 28.1 Å². The minimum Gasteiger partial charge on any atom is -0.398 e. The number of rotatable bonds is 4. The van der Waals surface area contributed by atoms with Gasteiger partial charge in [-0.15, -0.1) is 0 Å². The lowest BCUT2D eigenvalue weighted by Gasteiger charge is -2.15. The molecule has 0 unspecified atom stereocenters. The van der Waals surface area contributed by atoms with E-state index in [0.717, 1.165) is 30.9 Å². The lowest BCUT2D eigenvalue weighted by atomic mass is 9.97. The van der Waals surface area contributed by atoms with Crippen LogP contribution < -0.4 is 11.1 Å². The van der Waals surface area contributed by atoms with Crippen LogP contribution >= 0.6 is 0 Å². The highest BCUT2D eigenvalue weighted by molar-refractivity contribution is 6.01. The Morgan fingerprint density at radius 3 is 2.70 bits per heavy atom. The van der Waals surface area contributed by atoms with E-state index in [4.69, 9.17) is 5.73 Å². The molecule has 0 spiro atoms. The zero-order chi connectivity index (χ0) is 21.3. The SMILES string of the molecule is Nc1cc(C(=O)NCc2ccccn2)nc2c(C(F)(F)F)cc(C3=CCCC3)cc12. The third-order valence-corrected chi connectivity index (χ3v) is 5.05. The molecule has 0 atom stereocenters. The predicted octanol–water partition coefficient (Wildman–Crippen LogP) is 4.73. The lowest BCUT2D eigenvalue weighted by molar-refractivity contribution is -0.136. The zero-order valence-corrected chi connectivity index (χ0v) is 16.0. The Labute approximate surface area is 170 Å². The van der Waals surface area contributed by atoms with Gasteiger partial charge in [-0.3, -0.25) is 9.78 Å². The molecule has 1 aliphatic rings. The molecule has 8 heteroatoms. The fourth-order valence-electron chi connectivity index (χ4n) is 3.57. The van der Waals surface area contributed by atoms with Gasteiger partial charge >= 0.3 is 6.18 Å². The molecule has 5 nitrogen and oxygen atoms in total. The Balaban J connectivity index is 1.74. The Hall–Kier alpha value is -3.42. The van der Waals surface area contributed by atoms with Gasteiger partial charge in [0.15, 0.2) is 0 Å². The highest BCUT2D eigenvalue weighted by Crippen LogP contribution is 2.39. The molecule has 0 fully saturated rings. The van der Waals surface area contributed by atoms with Gasteiger partial charge in [0.1, 0.15) is 5.69 Å². The number of nitrogens with two attached hydrogens (primary N) is 1. The van der Waals surface area contributed by atoms with Crippen LogP contribution in [0.1, 0.15) is 46.6 Å². The number of hydrogen-bond donors (Lipinski definition) is 2. The van der Waals surface area contributed by atoms with E-state index < -0.39 is 17.6 Å². The second kappa shape index (κ2) is 7.78. The number of pyridine rings is 2. The van der Waals surface area contributed by atoms with Crippen LogP contribution in [0.25, 0.3) is 16.5 Å². The molecule has 4 rings (SSSR count). The molecule has 154 valence electrons. The molecule has 0 bridgehead atoms. The lowest BCUT2D eigenvalue weighted by Crippen LogP contribution is -2.24. The number of hydrogen-bond acceptors (Lipinski definition) is 4. The van der Waals surface area contributed by atoms with Gasteiger partial charge in [0, 0.05) is 17.3 Å². The minimum absolute atomic E-state index is 0.0777. The van der Waals surface area contributed by atoms with Gasteiger partial charge in [0.05, 0.1) is 23.3 Å². The summed E-state index contributed by atoms with van der Waals surface area (Å²) in [5.41, 5.74) is 6.73. The summed E-state index contributed by atoms with van der Waals surface area (Å²) in [5, 5.41) is 2.80. The summed E-state index contributed by atoms with van der Waals surface area (Å²) in [6.45, 7) is 0.124. The first-order valence-electron chi connectivity index (χ1n) is 9.52. The zero-order valence-electron chi connectivity index (χ0n) is 16.0. The van der Waals surface area contributed by atoms with Gasteiger partial charge in [-0.05, 0) is 60.7 Å². The molecule has 1 aliphatic carbocycles. The number of aromatic nitrogens is 2. The van der Waals surface area contributed by atoms with E-state index in [0.29, 0.717) is 11.3 Å². The van der Waals surface area contributed by atoms with Crippen molar-refractivity contribution < 1.29 is 18.0 Å². The van der Waals surface area contributed by atoms with Crippen LogP contribution in [0.5, 0.6) is 0 Å².